The van der Waals surface area contributed by atoms with Crippen LogP contribution < -0.4 is 5.73 Å². The molecule has 0 spiro atoms. The number of benzene rings is 1. The summed E-state index contributed by atoms with van der Waals surface area (Å²) >= 11 is 0. The highest BCUT2D eigenvalue weighted by Crippen LogP contribution is 2.30. The predicted molar refractivity (Wildman–Crippen MR) is 97.1 cm³/mol. The molecule has 9 heteroatoms. The molecule has 1 fully saturated rings. The molecule has 152 valence electrons. The second kappa shape index (κ2) is 8.74. The molecular weight excluding hydrogens is 373 g/mol. The van der Waals surface area contributed by atoms with Crippen LogP contribution in [0.3, 0.4) is 0 Å². The fourth-order valence-corrected chi connectivity index (χ4v) is 3.13. The van der Waals surface area contributed by atoms with E-state index in [9.17, 15) is 18.0 Å². The number of hydrogen-bond donors (Lipinski definition) is 1. The molecule has 0 aliphatic carbocycles. The van der Waals surface area contributed by atoms with Gasteiger partial charge in [0.15, 0.2) is 5.69 Å². The van der Waals surface area contributed by atoms with E-state index in [1.165, 1.54) is 29.1 Å². The average molecular weight is 396 g/mol. The van der Waals surface area contributed by atoms with Crippen molar-refractivity contribution < 1.29 is 22.7 Å². The molecule has 1 saturated heterocycles. The summed E-state index contributed by atoms with van der Waals surface area (Å²) in [6, 6.07) is 6.36. The Bertz CT molecular complexity index is 798. The van der Waals surface area contributed by atoms with Crippen molar-refractivity contribution in [1.82, 2.24) is 14.7 Å². The summed E-state index contributed by atoms with van der Waals surface area (Å²) in [5.74, 6) is -0.230. The van der Waals surface area contributed by atoms with E-state index in [0.29, 0.717) is 26.2 Å². The molecule has 0 bridgehead atoms. The summed E-state index contributed by atoms with van der Waals surface area (Å²) in [7, 11) is 0. The molecule has 1 amide bonds. The van der Waals surface area contributed by atoms with Crippen LogP contribution >= 0.6 is 0 Å². The number of aromatic nitrogens is 2. The Morgan fingerprint density at radius 2 is 2.00 bits per heavy atom. The second-order valence-corrected chi connectivity index (χ2v) is 6.70. The zero-order valence-electron chi connectivity index (χ0n) is 15.4. The Balaban J connectivity index is 1.62. The average Bonchev–Trinajstić information content (AvgIpc) is 3.18. The van der Waals surface area contributed by atoms with E-state index < -0.39 is 11.7 Å². The molecule has 0 saturated carbocycles. The SMILES string of the molecule is NCCCOC1CCN(C(=O)c2ccn(-c3cccc(C(F)(F)F)c3)n2)CC1. The Hall–Kier alpha value is -2.39. The highest BCUT2D eigenvalue weighted by Gasteiger charge is 2.31. The number of likely N-dealkylation sites (tertiary alicyclic amines) is 1. The molecular formula is C19H23F3N4O2. The molecule has 2 heterocycles. The maximum absolute atomic E-state index is 12.9. The van der Waals surface area contributed by atoms with E-state index in [4.69, 9.17) is 10.5 Å². The first-order valence-electron chi connectivity index (χ1n) is 9.23. The number of halogens is 3. The number of piperidine rings is 1. The van der Waals surface area contributed by atoms with Gasteiger partial charge in [-0.2, -0.15) is 18.3 Å². The lowest BCUT2D eigenvalue weighted by Gasteiger charge is -2.31. The number of amides is 1. The smallest absolute Gasteiger partial charge is 0.378 e. The van der Waals surface area contributed by atoms with Gasteiger partial charge in [0.05, 0.1) is 17.4 Å². The van der Waals surface area contributed by atoms with E-state index in [1.54, 1.807) is 4.90 Å². The molecule has 1 aromatic carbocycles. The first-order valence-corrected chi connectivity index (χ1v) is 9.23. The van der Waals surface area contributed by atoms with Gasteiger partial charge in [0.25, 0.3) is 5.91 Å². The van der Waals surface area contributed by atoms with Gasteiger partial charge in [-0.1, -0.05) is 6.07 Å². The van der Waals surface area contributed by atoms with Crippen LogP contribution in [-0.4, -0.2) is 52.9 Å². The summed E-state index contributed by atoms with van der Waals surface area (Å²) in [4.78, 5) is 14.3. The van der Waals surface area contributed by atoms with Crippen molar-refractivity contribution >= 4 is 5.91 Å². The summed E-state index contributed by atoms with van der Waals surface area (Å²) in [5, 5.41) is 4.17. The Labute approximate surface area is 161 Å². The van der Waals surface area contributed by atoms with Gasteiger partial charge < -0.3 is 15.4 Å². The van der Waals surface area contributed by atoms with Crippen LogP contribution in [-0.2, 0) is 10.9 Å². The first kappa shape index (κ1) is 20.3. The van der Waals surface area contributed by atoms with Crippen molar-refractivity contribution in [1.29, 1.82) is 0 Å². The molecule has 3 rings (SSSR count). The van der Waals surface area contributed by atoms with Crippen molar-refractivity contribution in [2.24, 2.45) is 5.73 Å². The van der Waals surface area contributed by atoms with Gasteiger partial charge in [-0.25, -0.2) is 4.68 Å². The van der Waals surface area contributed by atoms with Crippen molar-refractivity contribution in [3.05, 3.63) is 47.8 Å². The van der Waals surface area contributed by atoms with Crippen molar-refractivity contribution in [2.45, 2.75) is 31.5 Å². The van der Waals surface area contributed by atoms with Crippen LogP contribution in [0.25, 0.3) is 5.69 Å². The number of carbonyl (C=O) groups excluding carboxylic acids is 1. The van der Waals surface area contributed by atoms with Crippen molar-refractivity contribution in [3.8, 4) is 5.69 Å². The van der Waals surface area contributed by atoms with Gasteiger partial charge >= 0.3 is 6.18 Å². The fourth-order valence-electron chi connectivity index (χ4n) is 3.13. The number of nitrogens with two attached hydrogens (primary N) is 1. The van der Waals surface area contributed by atoms with Gasteiger partial charge in [0, 0.05) is 25.9 Å². The maximum Gasteiger partial charge on any atom is 0.416 e. The number of nitrogens with zero attached hydrogens (tertiary/aromatic N) is 3. The molecule has 28 heavy (non-hydrogen) atoms. The van der Waals surface area contributed by atoms with Crippen LogP contribution in [0.1, 0.15) is 35.3 Å². The van der Waals surface area contributed by atoms with E-state index in [0.717, 1.165) is 31.4 Å². The monoisotopic (exact) mass is 396 g/mol. The minimum absolute atomic E-state index is 0.123. The number of ether oxygens (including phenoxy) is 1. The van der Waals surface area contributed by atoms with Gasteiger partial charge in [0.1, 0.15) is 0 Å². The Morgan fingerprint density at radius 1 is 1.25 bits per heavy atom. The van der Waals surface area contributed by atoms with E-state index in [-0.39, 0.29) is 23.4 Å². The van der Waals surface area contributed by atoms with Gasteiger partial charge in [-0.05, 0) is 50.1 Å². The summed E-state index contributed by atoms with van der Waals surface area (Å²) in [6.07, 6.45) is -0.524. The molecule has 1 aliphatic heterocycles. The lowest BCUT2D eigenvalue weighted by Crippen LogP contribution is -2.41. The number of alkyl halides is 3. The van der Waals surface area contributed by atoms with E-state index >= 15 is 0 Å². The largest absolute Gasteiger partial charge is 0.416 e. The molecule has 0 unspecified atom stereocenters. The number of hydrogen-bond acceptors (Lipinski definition) is 4. The normalized spacial score (nSPS) is 15.8. The number of rotatable bonds is 6. The summed E-state index contributed by atoms with van der Waals surface area (Å²) < 4.78 is 45.7. The molecule has 0 radical (unpaired) electrons. The highest BCUT2D eigenvalue weighted by atomic mass is 19.4. The minimum Gasteiger partial charge on any atom is -0.378 e. The summed E-state index contributed by atoms with van der Waals surface area (Å²) in [5.41, 5.74) is 5.15. The molecule has 1 aliphatic rings. The predicted octanol–water partition coefficient (Wildman–Crippen LogP) is 2.86. The topological polar surface area (TPSA) is 73.4 Å². The van der Waals surface area contributed by atoms with Crippen LogP contribution in [0, 0.1) is 0 Å². The van der Waals surface area contributed by atoms with Crippen LogP contribution in [0.2, 0.25) is 0 Å². The lowest BCUT2D eigenvalue weighted by molar-refractivity contribution is -0.137. The quantitative estimate of drug-likeness (QED) is 0.762. The molecule has 0 atom stereocenters. The second-order valence-electron chi connectivity index (χ2n) is 6.70. The zero-order valence-corrected chi connectivity index (χ0v) is 15.4. The minimum atomic E-state index is -4.43. The van der Waals surface area contributed by atoms with Crippen LogP contribution in [0.4, 0.5) is 13.2 Å². The third-order valence-corrected chi connectivity index (χ3v) is 4.68. The molecule has 6 nitrogen and oxygen atoms in total. The van der Waals surface area contributed by atoms with Crippen molar-refractivity contribution in [3.63, 3.8) is 0 Å². The van der Waals surface area contributed by atoms with Crippen LogP contribution in [0.5, 0.6) is 0 Å². The van der Waals surface area contributed by atoms with E-state index in [1.807, 2.05) is 0 Å². The molecule has 2 aromatic rings. The fraction of sp³-hybridized carbons (Fsp3) is 0.474. The standard InChI is InChI=1S/C19H23F3N4O2/c20-19(21,22)14-3-1-4-15(13-14)26-11-7-17(24-26)18(27)25-9-5-16(6-10-25)28-12-2-8-23/h1,3-4,7,11,13,16H,2,5-6,8-10,12,23H2. The maximum atomic E-state index is 12.9. The van der Waals surface area contributed by atoms with Gasteiger partial charge in [0.2, 0.25) is 0 Å². The Morgan fingerprint density at radius 3 is 2.68 bits per heavy atom. The highest BCUT2D eigenvalue weighted by molar-refractivity contribution is 5.92. The van der Waals surface area contributed by atoms with E-state index in [2.05, 4.69) is 5.10 Å². The third kappa shape index (κ3) is 4.90. The van der Waals surface area contributed by atoms with Gasteiger partial charge in [-0.3, -0.25) is 4.79 Å². The number of carbonyl (C=O) groups is 1. The van der Waals surface area contributed by atoms with Crippen LogP contribution in [0.15, 0.2) is 36.5 Å². The summed E-state index contributed by atoms with van der Waals surface area (Å²) in [6.45, 7) is 2.33. The zero-order chi connectivity index (χ0) is 20.1. The molecule has 1 aromatic heterocycles. The van der Waals surface area contributed by atoms with Gasteiger partial charge in [-0.15, -0.1) is 0 Å². The lowest BCUT2D eigenvalue weighted by atomic mass is 10.1. The first-order chi connectivity index (χ1) is 13.4. The Kier molecular flexibility index (Phi) is 6.35. The third-order valence-electron chi connectivity index (χ3n) is 4.68. The van der Waals surface area contributed by atoms with Crippen molar-refractivity contribution in [2.75, 3.05) is 26.2 Å². The molecule has 2 N–H and O–H groups in total.